The Hall–Kier alpha value is -1.75. The molecule has 0 spiro atoms. The van der Waals surface area contributed by atoms with Gasteiger partial charge in [0.15, 0.2) is 0 Å². The molecule has 1 atom stereocenters. The van der Waals surface area contributed by atoms with Crippen LogP contribution in [-0.2, 0) is 5.41 Å². The average Bonchev–Trinajstić information content (AvgIpc) is 2.29. The Bertz CT molecular complexity index is 392. The Labute approximate surface area is 90.8 Å². The maximum absolute atomic E-state index is 9.19. The third kappa shape index (κ3) is 2.38. The highest BCUT2D eigenvalue weighted by molar-refractivity contribution is 5.37. The predicted molar refractivity (Wildman–Crippen MR) is 60.8 cm³/mol. The van der Waals surface area contributed by atoms with E-state index in [-0.39, 0.29) is 0 Å². The zero-order valence-electron chi connectivity index (χ0n) is 9.16. The van der Waals surface area contributed by atoms with Crippen LogP contribution in [0.5, 0.6) is 5.75 Å². The topological polar surface area (TPSA) is 33.0 Å². The fourth-order valence-electron chi connectivity index (χ4n) is 1.48. The molecule has 1 aromatic carbocycles. The highest BCUT2D eigenvalue weighted by Gasteiger charge is 2.24. The SMILES string of the molecule is C=CCC(C)(C#N)c1cccc(OC)c1. The average molecular weight is 201 g/mol. The molecule has 0 saturated heterocycles. The van der Waals surface area contributed by atoms with Crippen LogP contribution in [0.2, 0.25) is 0 Å². The molecule has 0 aliphatic carbocycles. The highest BCUT2D eigenvalue weighted by atomic mass is 16.5. The molecule has 0 fully saturated rings. The summed E-state index contributed by atoms with van der Waals surface area (Å²) in [7, 11) is 1.62. The molecule has 1 aromatic rings. The van der Waals surface area contributed by atoms with E-state index in [1.54, 1.807) is 13.2 Å². The number of hydrogen-bond acceptors (Lipinski definition) is 2. The molecular formula is C13H15NO. The molecule has 0 amide bonds. The molecule has 2 nitrogen and oxygen atoms in total. The van der Waals surface area contributed by atoms with E-state index >= 15 is 0 Å². The first-order chi connectivity index (χ1) is 7.16. The van der Waals surface area contributed by atoms with Crippen LogP contribution in [0.15, 0.2) is 36.9 Å². The minimum absolute atomic E-state index is 0.518. The van der Waals surface area contributed by atoms with Gasteiger partial charge in [0.2, 0.25) is 0 Å². The van der Waals surface area contributed by atoms with Crippen molar-refractivity contribution in [3.05, 3.63) is 42.5 Å². The molecule has 1 rings (SSSR count). The van der Waals surface area contributed by atoms with Crippen LogP contribution in [0.25, 0.3) is 0 Å². The van der Waals surface area contributed by atoms with Gasteiger partial charge >= 0.3 is 0 Å². The van der Waals surface area contributed by atoms with Crippen LogP contribution in [0, 0.1) is 11.3 Å². The lowest BCUT2D eigenvalue weighted by molar-refractivity contribution is 0.413. The quantitative estimate of drug-likeness (QED) is 0.701. The van der Waals surface area contributed by atoms with Crippen LogP contribution >= 0.6 is 0 Å². The van der Waals surface area contributed by atoms with Gasteiger partial charge in [-0.3, -0.25) is 0 Å². The number of methoxy groups -OCH3 is 1. The number of nitrogens with zero attached hydrogens (tertiary/aromatic N) is 1. The summed E-state index contributed by atoms with van der Waals surface area (Å²) in [5.41, 5.74) is 0.445. The minimum atomic E-state index is -0.518. The van der Waals surface area contributed by atoms with Crippen molar-refractivity contribution < 1.29 is 4.74 Å². The first-order valence-electron chi connectivity index (χ1n) is 4.83. The van der Waals surface area contributed by atoms with E-state index in [1.165, 1.54) is 0 Å². The minimum Gasteiger partial charge on any atom is -0.497 e. The summed E-state index contributed by atoms with van der Waals surface area (Å²) in [6.45, 7) is 5.59. The summed E-state index contributed by atoms with van der Waals surface area (Å²) in [6, 6.07) is 9.92. The Morgan fingerprint density at radius 2 is 2.33 bits per heavy atom. The molecule has 78 valence electrons. The smallest absolute Gasteiger partial charge is 0.119 e. The maximum Gasteiger partial charge on any atom is 0.119 e. The van der Waals surface area contributed by atoms with Crippen molar-refractivity contribution in [2.24, 2.45) is 0 Å². The second-order valence-corrected chi connectivity index (χ2v) is 3.67. The first-order valence-corrected chi connectivity index (χ1v) is 4.83. The fourth-order valence-corrected chi connectivity index (χ4v) is 1.48. The molecule has 0 saturated carbocycles. The van der Waals surface area contributed by atoms with Gasteiger partial charge in [0, 0.05) is 0 Å². The molecule has 0 heterocycles. The number of nitriles is 1. The Morgan fingerprint density at radius 1 is 1.60 bits per heavy atom. The normalized spacial score (nSPS) is 13.7. The first kappa shape index (κ1) is 11.3. The van der Waals surface area contributed by atoms with E-state index < -0.39 is 5.41 Å². The molecule has 0 aliphatic rings. The maximum atomic E-state index is 9.19. The summed E-state index contributed by atoms with van der Waals surface area (Å²) >= 11 is 0. The van der Waals surface area contributed by atoms with Crippen molar-refractivity contribution in [1.29, 1.82) is 5.26 Å². The van der Waals surface area contributed by atoms with Gasteiger partial charge in [0.1, 0.15) is 5.75 Å². The van der Waals surface area contributed by atoms with Gasteiger partial charge in [-0.2, -0.15) is 5.26 Å². The third-order valence-corrected chi connectivity index (χ3v) is 2.51. The Kier molecular flexibility index (Phi) is 3.51. The van der Waals surface area contributed by atoms with Crippen molar-refractivity contribution in [1.82, 2.24) is 0 Å². The van der Waals surface area contributed by atoms with Gasteiger partial charge in [-0.15, -0.1) is 6.58 Å². The summed E-state index contributed by atoms with van der Waals surface area (Å²) in [6.07, 6.45) is 2.40. The second kappa shape index (κ2) is 4.65. The van der Waals surface area contributed by atoms with Crippen LogP contribution in [0.1, 0.15) is 18.9 Å². The summed E-state index contributed by atoms with van der Waals surface area (Å²) in [5.74, 6) is 0.776. The molecule has 0 radical (unpaired) electrons. The van der Waals surface area contributed by atoms with E-state index in [9.17, 15) is 5.26 Å². The van der Waals surface area contributed by atoms with Crippen molar-refractivity contribution >= 4 is 0 Å². The van der Waals surface area contributed by atoms with Gasteiger partial charge in [-0.05, 0) is 31.0 Å². The van der Waals surface area contributed by atoms with E-state index in [4.69, 9.17) is 4.74 Å². The Morgan fingerprint density at radius 3 is 2.87 bits per heavy atom. The Balaban J connectivity index is 3.12. The van der Waals surface area contributed by atoms with Gasteiger partial charge in [-0.25, -0.2) is 0 Å². The van der Waals surface area contributed by atoms with E-state index in [0.717, 1.165) is 11.3 Å². The van der Waals surface area contributed by atoms with Gasteiger partial charge in [0.05, 0.1) is 18.6 Å². The van der Waals surface area contributed by atoms with Crippen molar-refractivity contribution in [3.8, 4) is 11.8 Å². The van der Waals surface area contributed by atoms with Gasteiger partial charge < -0.3 is 4.74 Å². The van der Waals surface area contributed by atoms with Crippen LogP contribution in [0.3, 0.4) is 0 Å². The van der Waals surface area contributed by atoms with Gasteiger partial charge in [0.25, 0.3) is 0 Å². The molecular weight excluding hydrogens is 186 g/mol. The summed E-state index contributed by atoms with van der Waals surface area (Å²) < 4.78 is 5.14. The molecule has 1 unspecified atom stereocenters. The molecule has 15 heavy (non-hydrogen) atoms. The molecule has 0 aromatic heterocycles. The zero-order valence-corrected chi connectivity index (χ0v) is 9.16. The highest BCUT2D eigenvalue weighted by Crippen LogP contribution is 2.29. The van der Waals surface area contributed by atoms with E-state index in [0.29, 0.717) is 6.42 Å². The lowest BCUT2D eigenvalue weighted by Crippen LogP contribution is -2.18. The summed E-state index contributed by atoms with van der Waals surface area (Å²) in [4.78, 5) is 0. The number of hydrogen-bond donors (Lipinski definition) is 0. The van der Waals surface area contributed by atoms with E-state index in [1.807, 2.05) is 31.2 Å². The van der Waals surface area contributed by atoms with Crippen LogP contribution in [-0.4, -0.2) is 7.11 Å². The predicted octanol–water partition coefficient (Wildman–Crippen LogP) is 3.05. The fraction of sp³-hybridized carbons (Fsp3) is 0.308. The standard InChI is InChI=1S/C13H15NO/c1-4-8-13(2,10-14)11-6-5-7-12(9-11)15-3/h4-7,9H,1,8H2,2-3H3. The molecule has 0 bridgehead atoms. The lowest BCUT2D eigenvalue weighted by atomic mass is 9.81. The largest absolute Gasteiger partial charge is 0.497 e. The molecule has 2 heteroatoms. The van der Waals surface area contributed by atoms with Crippen molar-refractivity contribution in [2.75, 3.05) is 7.11 Å². The number of allylic oxidation sites excluding steroid dienone is 1. The number of rotatable bonds is 4. The van der Waals surface area contributed by atoms with Crippen LogP contribution < -0.4 is 4.74 Å². The molecule has 0 N–H and O–H groups in total. The van der Waals surface area contributed by atoms with Crippen LogP contribution in [0.4, 0.5) is 0 Å². The number of benzene rings is 1. The number of ether oxygens (including phenoxy) is 1. The van der Waals surface area contributed by atoms with Crippen molar-refractivity contribution in [3.63, 3.8) is 0 Å². The van der Waals surface area contributed by atoms with E-state index in [2.05, 4.69) is 12.6 Å². The second-order valence-electron chi connectivity index (χ2n) is 3.67. The summed E-state index contributed by atoms with van der Waals surface area (Å²) in [5, 5.41) is 9.19. The zero-order chi connectivity index (χ0) is 11.3. The molecule has 0 aliphatic heterocycles. The lowest BCUT2D eigenvalue weighted by Gasteiger charge is -2.20. The van der Waals surface area contributed by atoms with Crippen molar-refractivity contribution in [2.45, 2.75) is 18.8 Å². The van der Waals surface area contributed by atoms with Gasteiger partial charge in [-0.1, -0.05) is 18.2 Å². The monoisotopic (exact) mass is 201 g/mol. The third-order valence-electron chi connectivity index (χ3n) is 2.51.